The van der Waals surface area contributed by atoms with Crippen molar-refractivity contribution in [2.24, 2.45) is 0 Å². The van der Waals surface area contributed by atoms with Gasteiger partial charge >= 0.3 is 0 Å². The van der Waals surface area contributed by atoms with E-state index in [1.807, 2.05) is 25.1 Å². The fourth-order valence-corrected chi connectivity index (χ4v) is 4.64. The molecule has 1 saturated heterocycles. The van der Waals surface area contributed by atoms with Crippen LogP contribution in [-0.4, -0.2) is 37.0 Å². The molecule has 0 spiro atoms. The van der Waals surface area contributed by atoms with Gasteiger partial charge in [0.1, 0.15) is 0 Å². The quantitative estimate of drug-likeness (QED) is 0.900. The Morgan fingerprint density at radius 3 is 2.78 bits per heavy atom. The van der Waals surface area contributed by atoms with Crippen molar-refractivity contribution in [1.82, 2.24) is 10.2 Å². The minimum atomic E-state index is -0.120. The molecule has 5 heteroatoms. The van der Waals surface area contributed by atoms with E-state index in [1.54, 1.807) is 11.3 Å². The first-order valence-electron chi connectivity index (χ1n) is 8.13. The molecule has 0 bridgehead atoms. The standard InChI is InChI=1S/C18H23ClN2OS/c1-11-15-10-13(19)4-5-16(15)23-17(11)12(2)18(22)20-14-6-8-21(3)9-7-14/h4-5,10,12,14H,6-9H2,1-3H3,(H,20,22). The summed E-state index contributed by atoms with van der Waals surface area (Å²) in [6, 6.07) is 6.26. The number of likely N-dealkylation sites (tertiary alicyclic amines) is 1. The Hall–Kier alpha value is -1.10. The predicted octanol–water partition coefficient (Wildman–Crippen LogP) is 4.18. The lowest BCUT2D eigenvalue weighted by Gasteiger charge is -2.30. The molecular weight excluding hydrogens is 328 g/mol. The fourth-order valence-electron chi connectivity index (χ4n) is 3.22. The molecule has 2 aromatic rings. The highest BCUT2D eigenvalue weighted by molar-refractivity contribution is 7.19. The van der Waals surface area contributed by atoms with Crippen LogP contribution in [0.1, 0.15) is 36.1 Å². The summed E-state index contributed by atoms with van der Waals surface area (Å²) in [5, 5.41) is 5.14. The van der Waals surface area contributed by atoms with Crippen LogP contribution in [0.2, 0.25) is 5.02 Å². The molecule has 1 aromatic heterocycles. The Kier molecular flexibility index (Phi) is 4.95. The van der Waals surface area contributed by atoms with E-state index in [9.17, 15) is 4.79 Å². The number of hydrogen-bond donors (Lipinski definition) is 1. The zero-order valence-corrected chi connectivity index (χ0v) is 15.4. The van der Waals surface area contributed by atoms with Gasteiger partial charge in [0, 0.05) is 20.6 Å². The Bertz CT molecular complexity index is 719. The zero-order valence-electron chi connectivity index (χ0n) is 13.9. The molecule has 2 heterocycles. The first-order valence-corrected chi connectivity index (χ1v) is 9.32. The lowest BCUT2D eigenvalue weighted by atomic mass is 10.0. The van der Waals surface area contributed by atoms with Crippen molar-refractivity contribution in [3.63, 3.8) is 0 Å². The topological polar surface area (TPSA) is 32.3 Å². The maximum atomic E-state index is 12.6. The number of rotatable bonds is 3. The first kappa shape index (κ1) is 16.7. The van der Waals surface area contributed by atoms with Gasteiger partial charge in [0.15, 0.2) is 0 Å². The van der Waals surface area contributed by atoms with Crippen molar-refractivity contribution < 1.29 is 4.79 Å². The van der Waals surface area contributed by atoms with Crippen LogP contribution in [0.15, 0.2) is 18.2 Å². The number of carbonyl (C=O) groups excluding carboxylic acids is 1. The van der Waals surface area contributed by atoms with Crippen molar-refractivity contribution in [1.29, 1.82) is 0 Å². The van der Waals surface area contributed by atoms with Crippen LogP contribution in [0.3, 0.4) is 0 Å². The number of nitrogens with zero attached hydrogens (tertiary/aromatic N) is 1. The average molecular weight is 351 g/mol. The molecule has 1 aromatic carbocycles. The van der Waals surface area contributed by atoms with E-state index >= 15 is 0 Å². The van der Waals surface area contributed by atoms with Crippen LogP contribution < -0.4 is 5.32 Å². The van der Waals surface area contributed by atoms with E-state index in [-0.39, 0.29) is 11.8 Å². The van der Waals surface area contributed by atoms with Gasteiger partial charge in [-0.25, -0.2) is 0 Å². The van der Waals surface area contributed by atoms with Crippen molar-refractivity contribution in [2.75, 3.05) is 20.1 Å². The summed E-state index contributed by atoms with van der Waals surface area (Å²) >= 11 is 7.81. The van der Waals surface area contributed by atoms with Gasteiger partial charge in [0.2, 0.25) is 5.91 Å². The maximum absolute atomic E-state index is 12.6. The summed E-state index contributed by atoms with van der Waals surface area (Å²) in [6.07, 6.45) is 2.08. The number of halogens is 1. The Balaban J connectivity index is 1.75. The van der Waals surface area contributed by atoms with E-state index in [0.717, 1.165) is 41.2 Å². The number of piperidine rings is 1. The summed E-state index contributed by atoms with van der Waals surface area (Å²) in [4.78, 5) is 16.1. The summed E-state index contributed by atoms with van der Waals surface area (Å²) < 4.78 is 1.20. The molecule has 0 saturated carbocycles. The molecule has 0 radical (unpaired) electrons. The smallest absolute Gasteiger partial charge is 0.228 e. The third-order valence-corrected chi connectivity index (χ3v) is 6.48. The van der Waals surface area contributed by atoms with Crippen molar-refractivity contribution in [3.8, 4) is 0 Å². The van der Waals surface area contributed by atoms with Gasteiger partial charge in [-0.2, -0.15) is 0 Å². The van der Waals surface area contributed by atoms with Gasteiger partial charge in [-0.1, -0.05) is 11.6 Å². The van der Waals surface area contributed by atoms with Crippen LogP contribution in [0.25, 0.3) is 10.1 Å². The Morgan fingerprint density at radius 1 is 1.39 bits per heavy atom. The number of aryl methyl sites for hydroxylation is 1. The van der Waals surface area contributed by atoms with Crippen molar-refractivity contribution in [3.05, 3.63) is 33.7 Å². The number of fused-ring (bicyclic) bond motifs is 1. The Morgan fingerprint density at radius 2 is 2.09 bits per heavy atom. The lowest BCUT2D eigenvalue weighted by Crippen LogP contribution is -2.44. The molecule has 1 N–H and O–H groups in total. The molecule has 1 fully saturated rings. The van der Waals surface area contributed by atoms with Gasteiger partial charge in [-0.05, 0) is 76.0 Å². The highest BCUT2D eigenvalue weighted by atomic mass is 35.5. The third-order valence-electron chi connectivity index (χ3n) is 4.79. The molecule has 3 nitrogen and oxygen atoms in total. The number of benzene rings is 1. The maximum Gasteiger partial charge on any atom is 0.228 e. The van der Waals surface area contributed by atoms with Gasteiger partial charge < -0.3 is 10.2 Å². The second-order valence-corrected chi connectivity index (χ2v) is 8.06. The van der Waals surface area contributed by atoms with E-state index in [2.05, 4.69) is 24.2 Å². The van der Waals surface area contributed by atoms with Crippen LogP contribution >= 0.6 is 22.9 Å². The summed E-state index contributed by atoms with van der Waals surface area (Å²) in [6.45, 7) is 6.20. The first-order chi connectivity index (χ1) is 11.0. The summed E-state index contributed by atoms with van der Waals surface area (Å²) in [7, 11) is 2.13. The molecule has 1 aliphatic heterocycles. The van der Waals surface area contributed by atoms with Gasteiger partial charge in [-0.15, -0.1) is 11.3 Å². The monoisotopic (exact) mass is 350 g/mol. The Labute approximate surface area is 146 Å². The largest absolute Gasteiger partial charge is 0.353 e. The van der Waals surface area contributed by atoms with Crippen LogP contribution in [0.4, 0.5) is 0 Å². The van der Waals surface area contributed by atoms with Crippen LogP contribution in [0, 0.1) is 6.92 Å². The molecule has 1 unspecified atom stereocenters. The predicted molar refractivity (Wildman–Crippen MR) is 98.6 cm³/mol. The van der Waals surface area contributed by atoms with Crippen molar-refractivity contribution in [2.45, 2.75) is 38.6 Å². The molecule has 3 rings (SSSR count). The average Bonchev–Trinajstić information content (AvgIpc) is 2.85. The number of nitrogens with one attached hydrogen (secondary N) is 1. The zero-order chi connectivity index (χ0) is 16.6. The molecule has 0 aliphatic carbocycles. The number of carbonyl (C=O) groups is 1. The number of amides is 1. The van der Waals surface area contributed by atoms with Crippen molar-refractivity contribution >= 4 is 38.9 Å². The molecule has 1 atom stereocenters. The van der Waals surface area contributed by atoms with Crippen LogP contribution in [-0.2, 0) is 4.79 Å². The van der Waals surface area contributed by atoms with Crippen LogP contribution in [0.5, 0.6) is 0 Å². The highest BCUT2D eigenvalue weighted by Crippen LogP contribution is 2.37. The SMILES string of the molecule is Cc1c(C(C)C(=O)NC2CCN(C)CC2)sc2ccc(Cl)cc12. The molecular formula is C18H23ClN2OS. The molecule has 1 aliphatic rings. The van der Waals surface area contributed by atoms with Gasteiger partial charge in [0.05, 0.1) is 5.92 Å². The minimum absolute atomic E-state index is 0.120. The molecule has 124 valence electrons. The summed E-state index contributed by atoms with van der Waals surface area (Å²) in [5.41, 5.74) is 1.18. The second-order valence-electron chi connectivity index (χ2n) is 6.54. The van der Waals surface area contributed by atoms with Gasteiger partial charge in [-0.3, -0.25) is 4.79 Å². The van der Waals surface area contributed by atoms with E-state index in [4.69, 9.17) is 11.6 Å². The van der Waals surface area contributed by atoms with E-state index in [0.29, 0.717) is 6.04 Å². The second kappa shape index (κ2) is 6.80. The lowest BCUT2D eigenvalue weighted by molar-refractivity contribution is -0.123. The minimum Gasteiger partial charge on any atom is -0.353 e. The fraction of sp³-hybridized carbons (Fsp3) is 0.500. The summed E-state index contributed by atoms with van der Waals surface area (Å²) in [5.74, 6) is 0.0196. The molecule has 1 amide bonds. The normalized spacial score (nSPS) is 18.3. The van der Waals surface area contributed by atoms with Gasteiger partial charge in [0.25, 0.3) is 0 Å². The third kappa shape index (κ3) is 3.54. The number of thiophene rings is 1. The molecule has 23 heavy (non-hydrogen) atoms. The van der Waals surface area contributed by atoms with E-state index < -0.39 is 0 Å². The number of hydrogen-bond acceptors (Lipinski definition) is 3. The van der Waals surface area contributed by atoms with E-state index in [1.165, 1.54) is 10.3 Å². The highest BCUT2D eigenvalue weighted by Gasteiger charge is 2.24.